The largest absolute Gasteiger partial charge is 0.495 e. The summed E-state index contributed by atoms with van der Waals surface area (Å²) in [6.45, 7) is 3.21. The number of piperazine rings is 1. The van der Waals surface area contributed by atoms with Crippen LogP contribution in [0.15, 0.2) is 17.0 Å². The van der Waals surface area contributed by atoms with Gasteiger partial charge in [0.15, 0.2) is 0 Å². The second-order valence-corrected chi connectivity index (χ2v) is 8.48. The van der Waals surface area contributed by atoms with E-state index >= 15 is 0 Å². The number of methoxy groups -OCH3 is 1. The Morgan fingerprint density at radius 1 is 1.08 bits per heavy atom. The molecular formula is C18H26N2O5S. The smallest absolute Gasteiger partial charge is 0.409 e. The minimum Gasteiger partial charge on any atom is -0.495 e. The van der Waals surface area contributed by atoms with Crippen molar-refractivity contribution in [1.82, 2.24) is 9.21 Å². The summed E-state index contributed by atoms with van der Waals surface area (Å²) in [5.41, 5.74) is 2.28. The highest BCUT2D eigenvalue weighted by atomic mass is 32.2. The predicted octanol–water partition coefficient (Wildman–Crippen LogP) is 2.04. The first-order chi connectivity index (χ1) is 12.5. The molecule has 26 heavy (non-hydrogen) atoms. The van der Waals surface area contributed by atoms with Gasteiger partial charge in [-0.25, -0.2) is 13.2 Å². The van der Waals surface area contributed by atoms with Gasteiger partial charge in [-0.1, -0.05) is 0 Å². The number of fused-ring (bicyclic) bond motifs is 1. The molecule has 7 nitrogen and oxygen atoms in total. The van der Waals surface area contributed by atoms with Crippen LogP contribution >= 0.6 is 0 Å². The highest BCUT2D eigenvalue weighted by Crippen LogP contribution is 2.33. The maximum absolute atomic E-state index is 13.2. The van der Waals surface area contributed by atoms with Gasteiger partial charge in [0, 0.05) is 26.2 Å². The van der Waals surface area contributed by atoms with Crippen molar-refractivity contribution in [3.63, 3.8) is 0 Å². The molecule has 1 aliphatic heterocycles. The van der Waals surface area contributed by atoms with E-state index in [0.717, 1.165) is 31.2 Å². The minimum atomic E-state index is -3.67. The van der Waals surface area contributed by atoms with Crippen molar-refractivity contribution in [3.05, 3.63) is 23.3 Å². The van der Waals surface area contributed by atoms with Gasteiger partial charge in [-0.15, -0.1) is 0 Å². The lowest BCUT2D eigenvalue weighted by Gasteiger charge is -2.33. The summed E-state index contributed by atoms with van der Waals surface area (Å²) < 4.78 is 38.1. The molecule has 1 fully saturated rings. The zero-order valence-corrected chi connectivity index (χ0v) is 16.2. The van der Waals surface area contributed by atoms with E-state index in [1.807, 2.05) is 6.07 Å². The van der Waals surface area contributed by atoms with Gasteiger partial charge in [-0.2, -0.15) is 4.31 Å². The number of hydrogen-bond acceptors (Lipinski definition) is 5. The first-order valence-electron chi connectivity index (χ1n) is 9.09. The van der Waals surface area contributed by atoms with E-state index in [2.05, 4.69) is 0 Å². The number of ether oxygens (including phenoxy) is 2. The highest BCUT2D eigenvalue weighted by molar-refractivity contribution is 7.89. The lowest BCUT2D eigenvalue weighted by atomic mass is 9.92. The van der Waals surface area contributed by atoms with Crippen LogP contribution in [0.1, 0.15) is 30.9 Å². The van der Waals surface area contributed by atoms with Crippen molar-refractivity contribution in [1.29, 1.82) is 0 Å². The number of amides is 1. The molecular weight excluding hydrogens is 356 g/mol. The van der Waals surface area contributed by atoms with Gasteiger partial charge in [0.25, 0.3) is 0 Å². The molecule has 0 N–H and O–H groups in total. The van der Waals surface area contributed by atoms with Crippen molar-refractivity contribution in [2.24, 2.45) is 0 Å². The normalized spacial score (nSPS) is 18.3. The molecule has 0 spiro atoms. The van der Waals surface area contributed by atoms with E-state index in [4.69, 9.17) is 9.47 Å². The van der Waals surface area contributed by atoms with Crippen molar-refractivity contribution in [3.8, 4) is 5.75 Å². The number of rotatable bonds is 4. The lowest BCUT2D eigenvalue weighted by Crippen LogP contribution is -2.50. The van der Waals surface area contributed by atoms with Gasteiger partial charge in [0.05, 0.1) is 13.7 Å². The fourth-order valence-electron chi connectivity index (χ4n) is 3.57. The molecule has 0 radical (unpaired) electrons. The van der Waals surface area contributed by atoms with Gasteiger partial charge in [0.2, 0.25) is 10.0 Å². The first-order valence-corrected chi connectivity index (χ1v) is 10.5. The van der Waals surface area contributed by atoms with Crippen molar-refractivity contribution in [2.45, 2.75) is 37.5 Å². The maximum Gasteiger partial charge on any atom is 0.409 e. The number of benzene rings is 1. The number of hydrogen-bond donors (Lipinski definition) is 0. The molecule has 1 amide bonds. The summed E-state index contributed by atoms with van der Waals surface area (Å²) in [6, 6.07) is 3.65. The van der Waals surface area contributed by atoms with Crippen molar-refractivity contribution >= 4 is 16.1 Å². The molecule has 1 saturated heterocycles. The zero-order valence-electron chi connectivity index (χ0n) is 15.4. The van der Waals surface area contributed by atoms with E-state index in [1.165, 1.54) is 17.0 Å². The van der Waals surface area contributed by atoms with E-state index in [0.29, 0.717) is 25.4 Å². The summed E-state index contributed by atoms with van der Waals surface area (Å²) in [5.74, 6) is 0.401. The summed E-state index contributed by atoms with van der Waals surface area (Å²) in [5, 5.41) is 0. The van der Waals surface area contributed by atoms with E-state index in [9.17, 15) is 13.2 Å². The van der Waals surface area contributed by atoms with Crippen molar-refractivity contribution in [2.75, 3.05) is 39.9 Å². The Kier molecular flexibility index (Phi) is 5.72. The van der Waals surface area contributed by atoms with Crippen LogP contribution in [0.4, 0.5) is 4.79 Å². The molecule has 1 aromatic carbocycles. The monoisotopic (exact) mass is 382 g/mol. The van der Waals surface area contributed by atoms with Crippen LogP contribution in [-0.4, -0.2) is 63.6 Å². The van der Waals surface area contributed by atoms with Gasteiger partial charge in [-0.3, -0.25) is 0 Å². The highest BCUT2D eigenvalue weighted by Gasteiger charge is 2.33. The molecule has 0 aromatic heterocycles. The van der Waals surface area contributed by atoms with Crippen LogP contribution < -0.4 is 4.74 Å². The Hall–Kier alpha value is -1.80. The quantitative estimate of drug-likeness (QED) is 0.796. The Labute approximate surface area is 154 Å². The number of nitrogens with zero attached hydrogens (tertiary/aromatic N) is 2. The second kappa shape index (κ2) is 7.84. The molecule has 0 saturated carbocycles. The summed E-state index contributed by atoms with van der Waals surface area (Å²) in [7, 11) is -2.17. The molecule has 0 unspecified atom stereocenters. The number of sulfonamides is 1. The predicted molar refractivity (Wildman–Crippen MR) is 97.0 cm³/mol. The fourth-order valence-corrected chi connectivity index (χ4v) is 5.18. The van der Waals surface area contributed by atoms with E-state index in [1.54, 1.807) is 17.9 Å². The van der Waals surface area contributed by atoms with Gasteiger partial charge >= 0.3 is 6.09 Å². The molecule has 0 atom stereocenters. The molecule has 0 bridgehead atoms. The first kappa shape index (κ1) is 19.0. The standard InChI is InChI=1S/C18H26N2O5S/c1-3-25-18(21)19-8-10-20(11-9-19)26(22,23)17-13-15-7-5-4-6-14(15)12-16(17)24-2/h12-13H,3-11H2,1-2H3. The van der Waals surface area contributed by atoms with Crippen LogP contribution in [0, 0.1) is 0 Å². The van der Waals surface area contributed by atoms with Gasteiger partial charge in [0.1, 0.15) is 10.6 Å². The zero-order chi connectivity index (χ0) is 18.7. The molecule has 144 valence electrons. The topological polar surface area (TPSA) is 76.2 Å². The SMILES string of the molecule is CCOC(=O)N1CCN(S(=O)(=O)c2cc3c(cc2OC)CCCC3)CC1. The Morgan fingerprint density at radius 2 is 1.69 bits per heavy atom. The average molecular weight is 382 g/mol. The third kappa shape index (κ3) is 3.66. The number of aryl methyl sites for hydroxylation is 2. The number of carbonyl (C=O) groups is 1. The molecule has 3 rings (SSSR count). The Balaban J connectivity index is 1.82. The van der Waals surface area contributed by atoms with Gasteiger partial charge < -0.3 is 14.4 Å². The molecule has 1 aromatic rings. The second-order valence-electron chi connectivity index (χ2n) is 6.57. The average Bonchev–Trinajstić information content (AvgIpc) is 2.67. The molecule has 1 aliphatic carbocycles. The van der Waals surface area contributed by atoms with Crippen molar-refractivity contribution < 1.29 is 22.7 Å². The Bertz CT molecular complexity index is 770. The maximum atomic E-state index is 13.2. The summed E-state index contributed by atoms with van der Waals surface area (Å²) >= 11 is 0. The summed E-state index contributed by atoms with van der Waals surface area (Å²) in [4.78, 5) is 13.6. The summed E-state index contributed by atoms with van der Waals surface area (Å²) in [6.07, 6.45) is 3.67. The van der Waals surface area contributed by atoms with Crippen LogP contribution in [-0.2, 0) is 27.6 Å². The van der Waals surface area contributed by atoms with Crippen LogP contribution in [0.3, 0.4) is 0 Å². The molecule has 2 aliphatic rings. The van der Waals surface area contributed by atoms with Crippen LogP contribution in [0.25, 0.3) is 0 Å². The third-order valence-corrected chi connectivity index (χ3v) is 6.93. The minimum absolute atomic E-state index is 0.227. The van der Waals surface area contributed by atoms with E-state index < -0.39 is 16.1 Å². The van der Waals surface area contributed by atoms with Crippen LogP contribution in [0.2, 0.25) is 0 Å². The number of carbonyl (C=O) groups excluding carboxylic acids is 1. The van der Waals surface area contributed by atoms with Gasteiger partial charge in [-0.05, 0) is 55.9 Å². The molecule has 8 heteroatoms. The van der Waals surface area contributed by atoms with Crippen LogP contribution in [0.5, 0.6) is 5.75 Å². The molecule has 1 heterocycles. The Morgan fingerprint density at radius 3 is 2.27 bits per heavy atom. The lowest BCUT2D eigenvalue weighted by molar-refractivity contribution is 0.0934. The third-order valence-electron chi connectivity index (χ3n) is 5.01. The fraction of sp³-hybridized carbons (Fsp3) is 0.611. The van der Waals surface area contributed by atoms with E-state index in [-0.39, 0.29) is 18.0 Å².